The van der Waals surface area contributed by atoms with E-state index in [1.807, 2.05) is 31.7 Å². The van der Waals surface area contributed by atoms with Crippen molar-refractivity contribution in [2.45, 2.75) is 52.1 Å². The van der Waals surface area contributed by atoms with Gasteiger partial charge >= 0.3 is 6.09 Å². The van der Waals surface area contributed by atoms with Crippen LogP contribution in [0.4, 0.5) is 4.79 Å². The molecule has 0 aromatic rings. The Bertz CT molecular complexity index is 492. The minimum absolute atomic E-state index is 0.0403. The quantitative estimate of drug-likeness (QED) is 0.783. The van der Waals surface area contributed by atoms with Crippen LogP contribution >= 0.6 is 0 Å². The minimum atomic E-state index is -0.472. The second kappa shape index (κ2) is 7.20. The van der Waals surface area contributed by atoms with Gasteiger partial charge in [0.25, 0.3) is 0 Å². The highest BCUT2D eigenvalue weighted by Crippen LogP contribution is 2.31. The largest absolute Gasteiger partial charge is 0.444 e. The number of nitriles is 1. The summed E-state index contributed by atoms with van der Waals surface area (Å²) >= 11 is 0. The molecular formula is C17H27N3O3. The topological polar surface area (TPSA) is 73.6 Å². The van der Waals surface area contributed by atoms with Gasteiger partial charge in [-0.25, -0.2) is 4.79 Å². The van der Waals surface area contributed by atoms with E-state index in [0.717, 1.165) is 32.4 Å². The molecular weight excluding hydrogens is 294 g/mol. The van der Waals surface area contributed by atoms with Crippen LogP contribution < -0.4 is 0 Å². The Balaban J connectivity index is 1.87. The Morgan fingerprint density at radius 2 is 1.78 bits per heavy atom. The summed E-state index contributed by atoms with van der Waals surface area (Å²) < 4.78 is 5.44. The molecule has 2 heterocycles. The van der Waals surface area contributed by atoms with Gasteiger partial charge in [-0.1, -0.05) is 0 Å². The second-order valence-corrected chi connectivity index (χ2v) is 7.55. The Labute approximate surface area is 138 Å². The predicted molar refractivity (Wildman–Crippen MR) is 85.4 cm³/mol. The molecule has 0 unspecified atom stereocenters. The molecule has 2 amide bonds. The number of hydrogen-bond acceptors (Lipinski definition) is 4. The number of carbonyl (C=O) groups excluding carboxylic acids is 2. The highest BCUT2D eigenvalue weighted by atomic mass is 16.6. The number of carbonyl (C=O) groups is 2. The van der Waals surface area contributed by atoms with Crippen LogP contribution in [0, 0.1) is 23.2 Å². The molecule has 0 bridgehead atoms. The van der Waals surface area contributed by atoms with Crippen LogP contribution in [0.5, 0.6) is 0 Å². The molecule has 0 saturated carbocycles. The van der Waals surface area contributed by atoms with E-state index < -0.39 is 5.60 Å². The number of rotatable bonds is 2. The molecule has 23 heavy (non-hydrogen) atoms. The molecule has 0 radical (unpaired) electrons. The van der Waals surface area contributed by atoms with Crippen LogP contribution in [0.15, 0.2) is 0 Å². The van der Waals surface area contributed by atoms with E-state index in [0.29, 0.717) is 24.9 Å². The first-order valence-electron chi connectivity index (χ1n) is 8.43. The summed E-state index contributed by atoms with van der Waals surface area (Å²) in [4.78, 5) is 27.7. The van der Waals surface area contributed by atoms with Gasteiger partial charge in [0, 0.05) is 26.2 Å². The zero-order valence-electron chi connectivity index (χ0n) is 14.4. The van der Waals surface area contributed by atoms with Gasteiger partial charge in [0.1, 0.15) is 12.0 Å². The van der Waals surface area contributed by atoms with Crippen molar-refractivity contribution >= 4 is 12.0 Å². The minimum Gasteiger partial charge on any atom is -0.444 e. The van der Waals surface area contributed by atoms with Crippen LogP contribution in [0.25, 0.3) is 0 Å². The first kappa shape index (κ1) is 17.6. The van der Waals surface area contributed by atoms with Gasteiger partial charge in [0.15, 0.2) is 0 Å². The van der Waals surface area contributed by atoms with Crippen molar-refractivity contribution in [2.24, 2.45) is 11.8 Å². The highest BCUT2D eigenvalue weighted by molar-refractivity contribution is 5.78. The molecule has 6 heteroatoms. The molecule has 0 aliphatic carbocycles. The van der Waals surface area contributed by atoms with Crippen molar-refractivity contribution in [3.8, 4) is 6.07 Å². The van der Waals surface area contributed by atoms with Gasteiger partial charge < -0.3 is 14.5 Å². The maximum absolute atomic E-state index is 12.2. The fourth-order valence-corrected chi connectivity index (χ4v) is 3.47. The first-order valence-corrected chi connectivity index (χ1v) is 8.43. The smallest absolute Gasteiger partial charge is 0.410 e. The molecule has 2 aliphatic heterocycles. The van der Waals surface area contributed by atoms with Crippen molar-refractivity contribution in [3.05, 3.63) is 0 Å². The van der Waals surface area contributed by atoms with E-state index >= 15 is 0 Å². The third kappa shape index (κ3) is 4.85. The molecule has 2 rings (SSSR count). The number of amides is 2. The number of nitrogens with zero attached hydrogens (tertiary/aromatic N) is 3. The lowest BCUT2D eigenvalue weighted by Crippen LogP contribution is -2.43. The van der Waals surface area contributed by atoms with Crippen molar-refractivity contribution in [2.75, 3.05) is 26.2 Å². The fourth-order valence-electron chi connectivity index (χ4n) is 3.47. The Hall–Kier alpha value is -1.77. The third-order valence-corrected chi connectivity index (χ3v) is 4.58. The van der Waals surface area contributed by atoms with Crippen LogP contribution in [0.3, 0.4) is 0 Å². The summed E-state index contributed by atoms with van der Waals surface area (Å²) in [7, 11) is 0. The molecule has 128 valence electrons. The van der Waals surface area contributed by atoms with Crippen molar-refractivity contribution < 1.29 is 14.3 Å². The van der Waals surface area contributed by atoms with Crippen LogP contribution in [0.1, 0.15) is 46.5 Å². The van der Waals surface area contributed by atoms with Crippen molar-refractivity contribution in [3.63, 3.8) is 0 Å². The average molecular weight is 321 g/mol. The van der Waals surface area contributed by atoms with Crippen LogP contribution in [0.2, 0.25) is 0 Å². The zero-order chi connectivity index (χ0) is 17.0. The fraction of sp³-hybridized carbons (Fsp3) is 0.824. The van der Waals surface area contributed by atoms with Gasteiger partial charge in [-0.3, -0.25) is 4.79 Å². The standard InChI is InChI=1S/C17H27N3O3/c1-17(2,3)23-16(22)20-10-7-14(12-20)13-5-4-9-19(11-13)15(21)6-8-18/h13-14H,4-7,9-12H2,1-3H3/t13-,14+/m0/s1. The summed E-state index contributed by atoms with van der Waals surface area (Å²) in [5.41, 5.74) is -0.472. The lowest BCUT2D eigenvalue weighted by Gasteiger charge is -2.35. The number of piperidine rings is 1. The van der Waals surface area contributed by atoms with E-state index in [1.54, 1.807) is 4.90 Å². The van der Waals surface area contributed by atoms with E-state index in [1.165, 1.54) is 0 Å². The molecule has 0 spiro atoms. The van der Waals surface area contributed by atoms with Crippen molar-refractivity contribution in [1.82, 2.24) is 9.80 Å². The molecule has 2 aliphatic rings. The summed E-state index contributed by atoms with van der Waals surface area (Å²) in [6.07, 6.45) is 2.74. The van der Waals surface area contributed by atoms with Gasteiger partial charge in [0.2, 0.25) is 5.91 Å². The summed E-state index contributed by atoms with van der Waals surface area (Å²) in [6, 6.07) is 1.93. The zero-order valence-corrected chi connectivity index (χ0v) is 14.4. The Morgan fingerprint density at radius 1 is 1.13 bits per heavy atom. The third-order valence-electron chi connectivity index (χ3n) is 4.58. The summed E-state index contributed by atoms with van der Waals surface area (Å²) in [6.45, 7) is 8.52. The summed E-state index contributed by atoms with van der Waals surface area (Å²) in [5.74, 6) is 0.762. The van der Waals surface area contributed by atoms with Gasteiger partial charge in [-0.2, -0.15) is 5.26 Å². The maximum atomic E-state index is 12.2. The summed E-state index contributed by atoms with van der Waals surface area (Å²) in [5, 5.41) is 8.68. The van der Waals surface area contributed by atoms with Gasteiger partial charge in [0.05, 0.1) is 6.07 Å². The SMILES string of the molecule is CC(C)(C)OC(=O)N1CC[C@@H]([C@H]2CCCN(C(=O)CC#N)C2)C1. The average Bonchev–Trinajstić information content (AvgIpc) is 2.96. The predicted octanol–water partition coefficient (Wildman–Crippen LogP) is 2.40. The lowest BCUT2D eigenvalue weighted by molar-refractivity contribution is -0.132. The van der Waals surface area contributed by atoms with E-state index in [4.69, 9.17) is 10.00 Å². The first-order chi connectivity index (χ1) is 10.8. The van der Waals surface area contributed by atoms with E-state index in [-0.39, 0.29) is 18.4 Å². The normalized spacial score (nSPS) is 25.1. The monoisotopic (exact) mass is 321 g/mol. The maximum Gasteiger partial charge on any atom is 0.410 e. The molecule has 6 nitrogen and oxygen atoms in total. The van der Waals surface area contributed by atoms with Crippen LogP contribution in [-0.2, 0) is 9.53 Å². The lowest BCUT2D eigenvalue weighted by atomic mass is 9.85. The van der Waals surface area contributed by atoms with E-state index in [2.05, 4.69) is 0 Å². The number of ether oxygens (including phenoxy) is 1. The van der Waals surface area contributed by atoms with Gasteiger partial charge in [-0.15, -0.1) is 0 Å². The Morgan fingerprint density at radius 3 is 2.43 bits per heavy atom. The van der Waals surface area contributed by atoms with E-state index in [9.17, 15) is 9.59 Å². The molecule has 2 saturated heterocycles. The molecule has 0 N–H and O–H groups in total. The number of hydrogen-bond donors (Lipinski definition) is 0. The molecule has 0 aromatic carbocycles. The molecule has 2 atom stereocenters. The molecule has 2 fully saturated rings. The molecule has 0 aromatic heterocycles. The Kier molecular flexibility index (Phi) is 5.51. The second-order valence-electron chi connectivity index (χ2n) is 7.55. The highest BCUT2D eigenvalue weighted by Gasteiger charge is 2.36. The van der Waals surface area contributed by atoms with Gasteiger partial charge in [-0.05, 0) is 51.9 Å². The number of likely N-dealkylation sites (tertiary alicyclic amines) is 2. The van der Waals surface area contributed by atoms with Crippen molar-refractivity contribution in [1.29, 1.82) is 5.26 Å². The van der Waals surface area contributed by atoms with Crippen LogP contribution in [-0.4, -0.2) is 53.6 Å².